The van der Waals surface area contributed by atoms with Crippen molar-refractivity contribution in [2.24, 2.45) is 0 Å². The van der Waals surface area contributed by atoms with Gasteiger partial charge in [-0.2, -0.15) is 0 Å². The van der Waals surface area contributed by atoms with Gasteiger partial charge in [-0.3, -0.25) is 9.59 Å². The maximum Gasteiger partial charge on any atom is 0.290 e. The zero-order valence-electron chi connectivity index (χ0n) is 20.8. The Kier molecular flexibility index (Phi) is 10.5. The largest absolute Gasteiger partial charge is 0.352 e. The maximum absolute atomic E-state index is 12.9. The van der Waals surface area contributed by atoms with E-state index < -0.39 is 0 Å². The van der Waals surface area contributed by atoms with Gasteiger partial charge in [-0.25, -0.2) is 9.97 Å². The summed E-state index contributed by atoms with van der Waals surface area (Å²) < 4.78 is 0. The molecule has 0 spiro atoms. The van der Waals surface area contributed by atoms with Crippen LogP contribution in [0.2, 0.25) is 0 Å². The second-order valence-corrected chi connectivity index (χ2v) is 8.64. The van der Waals surface area contributed by atoms with Crippen LogP contribution in [-0.4, -0.2) is 67.7 Å². The molecule has 3 aromatic rings. The highest BCUT2D eigenvalue weighted by atomic mass is 16.2. The van der Waals surface area contributed by atoms with Crippen molar-refractivity contribution >= 4 is 11.8 Å². The number of unbranched alkanes of at least 4 members (excludes halogenated alkanes) is 1. The average molecular weight is 480 g/mol. The summed E-state index contributed by atoms with van der Waals surface area (Å²) in [5, 5.41) is 3.02. The van der Waals surface area contributed by atoms with E-state index in [4.69, 9.17) is 0 Å². The van der Waals surface area contributed by atoms with Gasteiger partial charge in [0.1, 0.15) is 5.82 Å². The number of benzene rings is 1. The van der Waals surface area contributed by atoms with Crippen LogP contribution in [0, 0.1) is 0 Å². The molecule has 0 saturated heterocycles. The lowest BCUT2D eigenvalue weighted by Gasteiger charge is -2.21. The Labute approximate surface area is 207 Å². The first kappa shape index (κ1) is 26.2. The zero-order chi connectivity index (χ0) is 24.9. The minimum absolute atomic E-state index is 0.0744. The number of rotatable bonds is 15. The predicted molar refractivity (Wildman–Crippen MR) is 136 cm³/mol. The van der Waals surface area contributed by atoms with Crippen molar-refractivity contribution in [1.29, 1.82) is 0 Å². The van der Waals surface area contributed by atoms with Crippen molar-refractivity contribution < 1.29 is 9.59 Å². The summed E-state index contributed by atoms with van der Waals surface area (Å²) in [6.45, 7) is 9.14. The summed E-state index contributed by atoms with van der Waals surface area (Å²) in [4.78, 5) is 43.8. The van der Waals surface area contributed by atoms with E-state index in [1.807, 2.05) is 12.1 Å². The fourth-order valence-electron chi connectivity index (χ4n) is 4.01. The highest BCUT2D eigenvalue weighted by Crippen LogP contribution is 2.12. The summed E-state index contributed by atoms with van der Waals surface area (Å²) >= 11 is 0. The number of amides is 2. The first-order valence-corrected chi connectivity index (χ1v) is 12.5. The van der Waals surface area contributed by atoms with Crippen LogP contribution in [0.15, 0.2) is 49.1 Å². The van der Waals surface area contributed by atoms with Gasteiger partial charge in [0.25, 0.3) is 11.8 Å². The standard InChI is InChI=1S/C26H37N7O2/c1-3-16-32(17-4-2)18-6-5-11-31-25(34)22-9-7-21(8-10-22)19-33(20-23-27-12-13-28-23)26(35)24-29-14-15-30-24/h7-10,12-15H,3-6,11,16-20H2,1-2H3,(H,27,28)(H,29,30)(H,31,34). The molecular formula is C26H37N7O2. The Morgan fingerprint density at radius 1 is 0.886 bits per heavy atom. The Balaban J connectivity index is 1.50. The normalized spacial score (nSPS) is 11.1. The first-order valence-electron chi connectivity index (χ1n) is 12.5. The molecule has 0 radical (unpaired) electrons. The molecule has 1 aromatic carbocycles. The lowest BCUT2D eigenvalue weighted by molar-refractivity contribution is 0.0714. The number of nitrogens with one attached hydrogen (secondary N) is 3. The fraction of sp³-hybridized carbons (Fsp3) is 0.462. The molecule has 188 valence electrons. The molecule has 0 unspecified atom stereocenters. The third kappa shape index (κ3) is 8.36. The van der Waals surface area contributed by atoms with Crippen molar-refractivity contribution in [3.05, 3.63) is 71.8 Å². The average Bonchev–Trinajstić information content (AvgIpc) is 3.58. The Morgan fingerprint density at radius 3 is 2.23 bits per heavy atom. The van der Waals surface area contributed by atoms with E-state index >= 15 is 0 Å². The van der Waals surface area contributed by atoms with Crippen LogP contribution < -0.4 is 5.32 Å². The highest BCUT2D eigenvalue weighted by molar-refractivity contribution is 5.94. The quantitative estimate of drug-likeness (QED) is 0.289. The van der Waals surface area contributed by atoms with Gasteiger partial charge in [-0.15, -0.1) is 0 Å². The molecule has 0 aliphatic rings. The molecule has 9 heteroatoms. The molecule has 2 aromatic heterocycles. The molecule has 9 nitrogen and oxygen atoms in total. The lowest BCUT2D eigenvalue weighted by atomic mass is 10.1. The van der Waals surface area contributed by atoms with Crippen molar-refractivity contribution in [1.82, 2.24) is 35.1 Å². The summed E-state index contributed by atoms with van der Waals surface area (Å²) in [6.07, 6.45) is 10.9. The van der Waals surface area contributed by atoms with E-state index in [9.17, 15) is 9.59 Å². The summed E-state index contributed by atoms with van der Waals surface area (Å²) in [7, 11) is 0. The Morgan fingerprint density at radius 2 is 1.60 bits per heavy atom. The van der Waals surface area contributed by atoms with Crippen molar-refractivity contribution in [3.8, 4) is 0 Å². The van der Waals surface area contributed by atoms with Gasteiger partial charge in [-0.05, 0) is 63.0 Å². The van der Waals surface area contributed by atoms with E-state index in [-0.39, 0.29) is 17.6 Å². The summed E-state index contributed by atoms with van der Waals surface area (Å²) in [6, 6.07) is 7.37. The van der Waals surface area contributed by atoms with Crippen molar-refractivity contribution in [2.75, 3.05) is 26.2 Å². The van der Waals surface area contributed by atoms with Gasteiger partial charge in [0.2, 0.25) is 0 Å². The molecule has 0 atom stereocenters. The van der Waals surface area contributed by atoms with Crippen molar-refractivity contribution in [2.45, 2.75) is 52.6 Å². The van der Waals surface area contributed by atoms with E-state index in [1.54, 1.807) is 41.8 Å². The number of imidazole rings is 2. The van der Waals surface area contributed by atoms with Crippen LogP contribution in [0.4, 0.5) is 0 Å². The number of aromatic nitrogens is 4. The lowest BCUT2D eigenvalue weighted by Crippen LogP contribution is -2.31. The number of hydrogen-bond donors (Lipinski definition) is 3. The number of aromatic amines is 2. The number of nitrogens with zero attached hydrogens (tertiary/aromatic N) is 4. The van der Waals surface area contributed by atoms with Crippen LogP contribution in [0.3, 0.4) is 0 Å². The number of H-pyrrole nitrogens is 2. The molecule has 0 aliphatic carbocycles. The molecule has 2 heterocycles. The molecule has 35 heavy (non-hydrogen) atoms. The number of hydrogen-bond acceptors (Lipinski definition) is 5. The van der Waals surface area contributed by atoms with Gasteiger partial charge in [-0.1, -0.05) is 26.0 Å². The van der Waals surface area contributed by atoms with Crippen LogP contribution in [0.5, 0.6) is 0 Å². The predicted octanol–water partition coefficient (Wildman–Crippen LogP) is 3.61. The van der Waals surface area contributed by atoms with Crippen LogP contribution in [-0.2, 0) is 13.1 Å². The van der Waals surface area contributed by atoms with Gasteiger partial charge < -0.3 is 25.1 Å². The van der Waals surface area contributed by atoms with Gasteiger partial charge in [0.05, 0.1) is 6.54 Å². The Hall–Kier alpha value is -3.46. The number of carbonyl (C=O) groups is 2. The van der Waals surface area contributed by atoms with E-state index in [1.165, 1.54) is 12.8 Å². The monoisotopic (exact) mass is 479 g/mol. The highest BCUT2D eigenvalue weighted by Gasteiger charge is 2.20. The van der Waals surface area contributed by atoms with Gasteiger partial charge in [0, 0.05) is 43.4 Å². The van der Waals surface area contributed by atoms with Crippen molar-refractivity contribution in [3.63, 3.8) is 0 Å². The zero-order valence-corrected chi connectivity index (χ0v) is 20.8. The second kappa shape index (κ2) is 14.1. The molecule has 0 fully saturated rings. The third-order valence-corrected chi connectivity index (χ3v) is 5.74. The van der Waals surface area contributed by atoms with E-state index in [2.05, 4.69) is 44.0 Å². The topological polar surface area (TPSA) is 110 Å². The maximum atomic E-state index is 12.9. The second-order valence-electron chi connectivity index (χ2n) is 8.64. The van der Waals surface area contributed by atoms with Crippen LogP contribution in [0.1, 0.15) is 71.9 Å². The molecule has 3 rings (SSSR count). The summed E-state index contributed by atoms with van der Waals surface area (Å²) in [5.74, 6) is 0.674. The smallest absolute Gasteiger partial charge is 0.290 e. The van der Waals surface area contributed by atoms with Gasteiger partial charge >= 0.3 is 0 Å². The molecule has 2 amide bonds. The van der Waals surface area contributed by atoms with E-state index in [0.29, 0.717) is 31.0 Å². The molecular weight excluding hydrogens is 442 g/mol. The molecule has 0 aliphatic heterocycles. The fourth-order valence-corrected chi connectivity index (χ4v) is 4.01. The minimum atomic E-state index is -0.218. The molecule has 3 N–H and O–H groups in total. The Bertz CT molecular complexity index is 995. The van der Waals surface area contributed by atoms with Crippen LogP contribution in [0.25, 0.3) is 0 Å². The van der Waals surface area contributed by atoms with Gasteiger partial charge in [0.15, 0.2) is 5.82 Å². The first-order chi connectivity index (χ1) is 17.1. The van der Waals surface area contributed by atoms with E-state index in [0.717, 1.165) is 38.0 Å². The summed E-state index contributed by atoms with van der Waals surface area (Å²) in [5.41, 5.74) is 1.53. The van der Waals surface area contributed by atoms with Crippen LogP contribution >= 0.6 is 0 Å². The third-order valence-electron chi connectivity index (χ3n) is 5.74. The molecule has 0 bridgehead atoms. The minimum Gasteiger partial charge on any atom is -0.352 e. The SMILES string of the molecule is CCCN(CCC)CCCCNC(=O)c1ccc(CN(Cc2ncc[nH]2)C(=O)c2ncc[nH]2)cc1. The number of carbonyl (C=O) groups excluding carboxylic acids is 2. The molecule has 0 saturated carbocycles.